The van der Waals surface area contributed by atoms with Gasteiger partial charge in [-0.2, -0.15) is 0 Å². The molecule has 3 aromatic carbocycles. The molecule has 8 nitrogen and oxygen atoms in total. The maximum Gasteiger partial charge on any atom is 0.343 e. The van der Waals surface area contributed by atoms with Crippen LogP contribution in [0.1, 0.15) is 201 Å². The fraction of sp³-hybridized carbons (Fsp3) is 0.600. The summed E-state index contributed by atoms with van der Waals surface area (Å²) in [7, 11) is 0. The van der Waals surface area contributed by atoms with Crippen LogP contribution in [-0.2, 0) is 0 Å². The van der Waals surface area contributed by atoms with E-state index in [-0.39, 0.29) is 5.78 Å². The second-order valence-corrected chi connectivity index (χ2v) is 15.9. The predicted molar refractivity (Wildman–Crippen MR) is 241 cm³/mol. The van der Waals surface area contributed by atoms with Crippen molar-refractivity contribution < 1.29 is 28.5 Å². The van der Waals surface area contributed by atoms with Crippen LogP contribution in [0.4, 0.5) is 11.4 Å². The minimum absolute atomic E-state index is 0.226. The summed E-state index contributed by atoms with van der Waals surface area (Å²) >= 11 is 0. The Labute approximate surface area is 351 Å². The average Bonchev–Trinajstić information content (AvgIpc) is 3.22. The number of carbonyl (C=O) groups is 2. The number of hydrogen-bond donors (Lipinski definition) is 2. The van der Waals surface area contributed by atoms with Gasteiger partial charge in [0.2, 0.25) is 5.75 Å². The molecule has 3 aromatic rings. The highest BCUT2D eigenvalue weighted by molar-refractivity contribution is 6.10. The van der Waals surface area contributed by atoms with Crippen LogP contribution in [0.2, 0.25) is 0 Å². The molecule has 0 saturated carbocycles. The molecule has 0 aliphatic rings. The quantitative estimate of drug-likeness (QED) is 0.0201. The normalized spacial score (nSPS) is 11.1. The molecular weight excluding hydrogens is 725 g/mol. The van der Waals surface area contributed by atoms with Crippen molar-refractivity contribution in [2.24, 2.45) is 0 Å². The maximum absolute atomic E-state index is 13.7. The Bertz CT molecular complexity index is 1510. The Morgan fingerprint density at radius 2 is 0.810 bits per heavy atom. The summed E-state index contributed by atoms with van der Waals surface area (Å²) in [5.41, 5.74) is 13.8. The SMILES string of the molecule is CCCCCCCCCCOc1cc(C(=O)Oc2ccc(C(=O)c3cc(N)cc(N)c3)cc2)cc(OCCCCCCCCCC)c1OCCCCCCCCCC. The van der Waals surface area contributed by atoms with Gasteiger partial charge in [0.05, 0.1) is 25.4 Å². The highest BCUT2D eigenvalue weighted by Crippen LogP contribution is 2.40. The molecule has 0 bridgehead atoms. The highest BCUT2D eigenvalue weighted by Gasteiger charge is 2.21. The second kappa shape index (κ2) is 29.9. The van der Waals surface area contributed by atoms with E-state index in [1.807, 2.05) is 0 Å². The van der Waals surface area contributed by atoms with Crippen molar-refractivity contribution in [2.75, 3.05) is 31.3 Å². The predicted octanol–water partition coefficient (Wildman–Crippen LogP) is 13.9. The van der Waals surface area contributed by atoms with Gasteiger partial charge in [0.1, 0.15) is 5.75 Å². The van der Waals surface area contributed by atoms with Gasteiger partial charge in [-0.1, -0.05) is 156 Å². The van der Waals surface area contributed by atoms with Crippen molar-refractivity contribution in [1.82, 2.24) is 0 Å². The minimum atomic E-state index is -0.550. The minimum Gasteiger partial charge on any atom is -0.490 e. The van der Waals surface area contributed by atoms with Crippen LogP contribution in [0.5, 0.6) is 23.0 Å². The summed E-state index contributed by atoms with van der Waals surface area (Å²) in [6.45, 7) is 8.33. The third kappa shape index (κ3) is 19.5. The van der Waals surface area contributed by atoms with Crippen LogP contribution < -0.4 is 30.4 Å². The molecule has 8 heteroatoms. The first-order chi connectivity index (χ1) is 28.4. The van der Waals surface area contributed by atoms with Crippen LogP contribution in [0.25, 0.3) is 0 Å². The number of esters is 1. The maximum atomic E-state index is 13.7. The molecule has 4 N–H and O–H groups in total. The van der Waals surface area contributed by atoms with E-state index in [9.17, 15) is 9.59 Å². The van der Waals surface area contributed by atoms with Gasteiger partial charge in [-0.25, -0.2) is 4.79 Å². The van der Waals surface area contributed by atoms with Crippen LogP contribution in [0, 0.1) is 0 Å². The molecule has 0 heterocycles. The Kier molecular flexibility index (Phi) is 24.9. The molecule has 0 aliphatic heterocycles. The second-order valence-electron chi connectivity index (χ2n) is 15.9. The Balaban J connectivity index is 1.75. The Morgan fingerprint density at radius 3 is 1.22 bits per heavy atom. The lowest BCUT2D eigenvalue weighted by molar-refractivity contribution is 0.0733. The molecule has 0 amide bonds. The van der Waals surface area contributed by atoms with E-state index in [0.717, 1.165) is 38.5 Å². The van der Waals surface area contributed by atoms with Crippen molar-refractivity contribution in [1.29, 1.82) is 0 Å². The van der Waals surface area contributed by atoms with Gasteiger partial charge in [0, 0.05) is 22.5 Å². The number of nitrogen functional groups attached to an aromatic ring is 2. The molecule has 0 atom stereocenters. The Hall–Kier alpha value is -4.20. The number of carbonyl (C=O) groups excluding carboxylic acids is 2. The van der Waals surface area contributed by atoms with Crippen molar-refractivity contribution in [3.63, 3.8) is 0 Å². The molecule has 0 unspecified atom stereocenters. The van der Waals surface area contributed by atoms with Crippen molar-refractivity contribution in [2.45, 2.75) is 175 Å². The zero-order valence-electron chi connectivity index (χ0n) is 36.4. The monoisotopic (exact) mass is 801 g/mol. The summed E-state index contributed by atoms with van der Waals surface area (Å²) in [6, 6.07) is 14.7. The number of hydrogen-bond acceptors (Lipinski definition) is 8. The third-order valence-electron chi connectivity index (χ3n) is 10.6. The first-order valence-electron chi connectivity index (χ1n) is 23.0. The number of unbranched alkanes of at least 4 members (excludes halogenated alkanes) is 21. The van der Waals surface area contributed by atoms with Gasteiger partial charge in [-0.15, -0.1) is 0 Å². The summed E-state index contributed by atoms with van der Waals surface area (Å²) in [4.78, 5) is 26.9. The zero-order chi connectivity index (χ0) is 41.6. The summed E-state index contributed by atoms with van der Waals surface area (Å²) in [5, 5.41) is 0. The lowest BCUT2D eigenvalue weighted by Crippen LogP contribution is -2.12. The summed E-state index contributed by atoms with van der Waals surface area (Å²) in [6.07, 6.45) is 28.9. The van der Waals surface area contributed by atoms with Crippen LogP contribution >= 0.6 is 0 Å². The number of anilines is 2. The fourth-order valence-corrected chi connectivity index (χ4v) is 7.11. The average molecular weight is 801 g/mol. The van der Waals surface area contributed by atoms with Gasteiger partial charge in [-0.05, 0) is 73.9 Å². The van der Waals surface area contributed by atoms with Crippen molar-refractivity contribution >= 4 is 23.1 Å². The van der Waals surface area contributed by atoms with E-state index < -0.39 is 5.97 Å². The van der Waals surface area contributed by atoms with Gasteiger partial charge in [-0.3, -0.25) is 4.79 Å². The first kappa shape index (κ1) is 48.2. The van der Waals surface area contributed by atoms with E-state index in [1.54, 1.807) is 54.6 Å². The van der Waals surface area contributed by atoms with Gasteiger partial charge in [0.25, 0.3) is 0 Å². The molecule has 0 radical (unpaired) electrons. The van der Waals surface area contributed by atoms with Crippen LogP contribution in [0.3, 0.4) is 0 Å². The number of rotatable bonds is 34. The van der Waals surface area contributed by atoms with Crippen molar-refractivity contribution in [3.8, 4) is 23.0 Å². The lowest BCUT2D eigenvalue weighted by Gasteiger charge is -2.19. The standard InChI is InChI=1S/C50H76N2O6/c1-4-7-10-13-16-19-22-25-32-55-46-37-42(50(54)58-45-30-28-40(29-31-45)48(53)41-35-43(51)39-44(52)36-41)38-47(56-33-26-23-20-17-14-11-8-5-2)49(46)57-34-27-24-21-18-15-12-9-6-3/h28-31,35-39H,4-27,32-34,51-52H2,1-3H3. The number of benzene rings is 3. The van der Waals surface area contributed by atoms with E-state index >= 15 is 0 Å². The third-order valence-corrected chi connectivity index (χ3v) is 10.6. The topological polar surface area (TPSA) is 123 Å². The molecule has 58 heavy (non-hydrogen) atoms. The first-order valence-corrected chi connectivity index (χ1v) is 23.0. The van der Waals surface area contributed by atoms with Gasteiger partial charge in [0.15, 0.2) is 17.3 Å². The molecule has 0 fully saturated rings. The lowest BCUT2D eigenvalue weighted by atomic mass is 10.0. The number of nitrogens with two attached hydrogens (primary N) is 2. The van der Waals surface area contributed by atoms with Crippen LogP contribution in [-0.4, -0.2) is 31.6 Å². The smallest absolute Gasteiger partial charge is 0.343 e. The fourth-order valence-electron chi connectivity index (χ4n) is 7.11. The summed E-state index contributed by atoms with van der Waals surface area (Å²) in [5.74, 6) is 1.10. The van der Waals surface area contributed by atoms with E-state index in [4.69, 9.17) is 30.4 Å². The molecule has 322 valence electrons. The highest BCUT2D eigenvalue weighted by atomic mass is 16.5. The van der Waals surface area contributed by atoms with E-state index in [1.165, 1.54) is 116 Å². The molecule has 0 spiro atoms. The molecular formula is C50H76N2O6. The number of ether oxygens (including phenoxy) is 4. The van der Waals surface area contributed by atoms with E-state index in [0.29, 0.717) is 70.9 Å². The molecule has 0 aliphatic carbocycles. The zero-order valence-corrected chi connectivity index (χ0v) is 36.4. The molecule has 0 aromatic heterocycles. The van der Waals surface area contributed by atoms with Gasteiger partial charge >= 0.3 is 5.97 Å². The van der Waals surface area contributed by atoms with Crippen LogP contribution in [0.15, 0.2) is 54.6 Å². The van der Waals surface area contributed by atoms with Gasteiger partial charge < -0.3 is 30.4 Å². The molecule has 3 rings (SSSR count). The van der Waals surface area contributed by atoms with Crippen molar-refractivity contribution in [3.05, 3.63) is 71.3 Å². The summed E-state index contributed by atoms with van der Waals surface area (Å²) < 4.78 is 25.2. The Morgan fingerprint density at radius 1 is 0.431 bits per heavy atom. The largest absolute Gasteiger partial charge is 0.490 e. The van der Waals surface area contributed by atoms with E-state index in [2.05, 4.69) is 20.8 Å². The number of ketones is 1. The molecule has 0 saturated heterocycles.